The quantitative estimate of drug-likeness (QED) is 0.461. The molecule has 5 N–H and O–H groups in total. The summed E-state index contributed by atoms with van der Waals surface area (Å²) in [6.45, 7) is 1.07. The van der Waals surface area contributed by atoms with Crippen LogP contribution in [0.15, 0.2) is 18.2 Å². The van der Waals surface area contributed by atoms with Crippen LogP contribution in [0.3, 0.4) is 0 Å². The van der Waals surface area contributed by atoms with Crippen molar-refractivity contribution < 1.29 is 39.7 Å². The van der Waals surface area contributed by atoms with E-state index in [9.17, 15) is 20.4 Å². The Morgan fingerprint density at radius 2 is 1.83 bits per heavy atom. The zero-order chi connectivity index (χ0) is 17.1. The summed E-state index contributed by atoms with van der Waals surface area (Å²) in [6, 6.07) is 4.72. The van der Waals surface area contributed by atoms with Crippen LogP contribution in [0.1, 0.15) is 18.6 Å². The van der Waals surface area contributed by atoms with Crippen molar-refractivity contribution in [3.8, 4) is 11.5 Å². The Bertz CT molecular complexity index is 518. The van der Waals surface area contributed by atoms with Gasteiger partial charge in [-0.15, -0.1) is 0 Å². The minimum Gasteiger partial charge on any atom is -0.493 e. The van der Waals surface area contributed by atoms with Crippen molar-refractivity contribution in [1.29, 1.82) is 0 Å². The lowest BCUT2D eigenvalue weighted by Crippen LogP contribution is -2.60. The third kappa shape index (κ3) is 3.74. The van der Waals surface area contributed by atoms with Gasteiger partial charge < -0.3 is 39.7 Å². The fraction of sp³-hybridized carbons (Fsp3) is 0.600. The maximum atomic E-state index is 9.97. The van der Waals surface area contributed by atoms with E-state index in [1.165, 1.54) is 13.2 Å². The average Bonchev–Trinajstić information content (AvgIpc) is 2.55. The van der Waals surface area contributed by atoms with Gasteiger partial charge in [-0.3, -0.25) is 0 Å². The zero-order valence-corrected chi connectivity index (χ0v) is 12.9. The van der Waals surface area contributed by atoms with Crippen LogP contribution in [0.2, 0.25) is 0 Å². The molecule has 8 heteroatoms. The third-order valence-corrected chi connectivity index (χ3v) is 3.76. The molecule has 0 bridgehead atoms. The highest BCUT2D eigenvalue weighted by Gasteiger charge is 2.44. The van der Waals surface area contributed by atoms with Gasteiger partial charge in [-0.1, -0.05) is 6.07 Å². The predicted molar refractivity (Wildman–Crippen MR) is 78.0 cm³/mol. The molecule has 0 saturated carbocycles. The summed E-state index contributed by atoms with van der Waals surface area (Å²) < 4.78 is 16.0. The van der Waals surface area contributed by atoms with Crippen molar-refractivity contribution in [2.75, 3.05) is 13.7 Å². The van der Waals surface area contributed by atoms with Crippen molar-refractivity contribution in [2.24, 2.45) is 0 Å². The molecule has 0 spiro atoms. The number of hydrogen-bond donors (Lipinski definition) is 5. The molecule has 1 aliphatic heterocycles. The highest BCUT2D eigenvalue weighted by Crippen LogP contribution is 2.33. The molecule has 23 heavy (non-hydrogen) atoms. The number of benzene rings is 1. The van der Waals surface area contributed by atoms with E-state index in [2.05, 4.69) is 0 Å². The van der Waals surface area contributed by atoms with E-state index in [0.29, 0.717) is 11.3 Å². The Labute approximate surface area is 133 Å². The summed E-state index contributed by atoms with van der Waals surface area (Å²) >= 11 is 0. The monoisotopic (exact) mass is 330 g/mol. The van der Waals surface area contributed by atoms with E-state index >= 15 is 0 Å². The normalized spacial score (nSPS) is 32.4. The van der Waals surface area contributed by atoms with Crippen LogP contribution in [-0.4, -0.2) is 70.0 Å². The number of ether oxygens (including phenoxy) is 3. The second-order valence-electron chi connectivity index (χ2n) is 5.40. The molecule has 0 amide bonds. The molecule has 0 aromatic heterocycles. The first kappa shape index (κ1) is 17.9. The van der Waals surface area contributed by atoms with E-state index in [0.717, 1.165) is 0 Å². The van der Waals surface area contributed by atoms with Gasteiger partial charge >= 0.3 is 0 Å². The smallest absolute Gasteiger partial charge is 0.229 e. The summed E-state index contributed by atoms with van der Waals surface area (Å²) in [5.41, 5.74) is 0.614. The molecule has 1 aromatic rings. The van der Waals surface area contributed by atoms with Crippen LogP contribution < -0.4 is 9.47 Å². The maximum absolute atomic E-state index is 9.97. The minimum atomic E-state index is -1.52. The molecule has 1 heterocycles. The number of rotatable bonds is 5. The van der Waals surface area contributed by atoms with Gasteiger partial charge in [-0.05, 0) is 24.6 Å². The van der Waals surface area contributed by atoms with Crippen LogP contribution in [0, 0.1) is 0 Å². The van der Waals surface area contributed by atoms with Gasteiger partial charge in [-0.25, -0.2) is 0 Å². The molecule has 1 aliphatic rings. The number of aliphatic hydroxyl groups excluding tert-OH is 5. The lowest BCUT2D eigenvalue weighted by Gasteiger charge is -2.39. The lowest BCUT2D eigenvalue weighted by molar-refractivity contribution is -0.277. The number of aliphatic hydroxyl groups is 5. The van der Waals surface area contributed by atoms with Crippen molar-refractivity contribution in [3.05, 3.63) is 23.8 Å². The Morgan fingerprint density at radius 1 is 1.13 bits per heavy atom. The maximum Gasteiger partial charge on any atom is 0.229 e. The molecular formula is C15H22O8. The summed E-state index contributed by atoms with van der Waals surface area (Å²) in [5.74, 6) is 0.529. The second kappa shape index (κ2) is 7.43. The summed E-state index contributed by atoms with van der Waals surface area (Å²) in [4.78, 5) is 0. The Kier molecular flexibility index (Phi) is 5.79. The highest BCUT2D eigenvalue weighted by atomic mass is 16.7. The summed E-state index contributed by atoms with van der Waals surface area (Å²) in [5, 5.41) is 48.2. The van der Waals surface area contributed by atoms with Crippen LogP contribution >= 0.6 is 0 Å². The van der Waals surface area contributed by atoms with E-state index < -0.39 is 43.4 Å². The molecule has 0 radical (unpaired) electrons. The molecule has 1 fully saturated rings. The fourth-order valence-electron chi connectivity index (χ4n) is 2.33. The molecule has 130 valence electrons. The molecule has 0 aliphatic carbocycles. The summed E-state index contributed by atoms with van der Waals surface area (Å²) in [7, 11) is 1.42. The van der Waals surface area contributed by atoms with Crippen LogP contribution in [0.4, 0.5) is 0 Å². The SMILES string of the molecule is COc1cc([C@@H](C)O)ccc1O[C@@H]1O[C@H](CO)[C@@H](O)[C@H](O)[C@H]1O. The lowest BCUT2D eigenvalue weighted by atomic mass is 9.99. The van der Waals surface area contributed by atoms with Crippen LogP contribution in [-0.2, 0) is 4.74 Å². The van der Waals surface area contributed by atoms with Crippen molar-refractivity contribution in [1.82, 2.24) is 0 Å². The topological polar surface area (TPSA) is 129 Å². The van der Waals surface area contributed by atoms with Gasteiger partial charge in [0.25, 0.3) is 0 Å². The molecule has 0 unspecified atom stereocenters. The largest absolute Gasteiger partial charge is 0.493 e. The Hall–Kier alpha value is -1.42. The van der Waals surface area contributed by atoms with Gasteiger partial charge in [-0.2, -0.15) is 0 Å². The van der Waals surface area contributed by atoms with E-state index in [4.69, 9.17) is 19.3 Å². The minimum absolute atomic E-state index is 0.223. The first-order chi connectivity index (χ1) is 10.9. The second-order valence-corrected chi connectivity index (χ2v) is 5.40. The third-order valence-electron chi connectivity index (χ3n) is 3.76. The van der Waals surface area contributed by atoms with Crippen LogP contribution in [0.5, 0.6) is 11.5 Å². The molecular weight excluding hydrogens is 308 g/mol. The van der Waals surface area contributed by atoms with Gasteiger partial charge in [0.2, 0.25) is 6.29 Å². The number of hydrogen-bond acceptors (Lipinski definition) is 8. The molecule has 6 atom stereocenters. The average molecular weight is 330 g/mol. The number of methoxy groups -OCH3 is 1. The first-order valence-corrected chi connectivity index (χ1v) is 7.22. The Balaban J connectivity index is 2.20. The van der Waals surface area contributed by atoms with Crippen LogP contribution in [0.25, 0.3) is 0 Å². The van der Waals surface area contributed by atoms with Gasteiger partial charge in [0.05, 0.1) is 19.8 Å². The van der Waals surface area contributed by atoms with E-state index in [1.54, 1.807) is 19.1 Å². The van der Waals surface area contributed by atoms with E-state index in [-0.39, 0.29) is 5.75 Å². The van der Waals surface area contributed by atoms with Gasteiger partial charge in [0.1, 0.15) is 24.4 Å². The van der Waals surface area contributed by atoms with E-state index in [1.807, 2.05) is 0 Å². The van der Waals surface area contributed by atoms with Gasteiger partial charge in [0, 0.05) is 0 Å². The van der Waals surface area contributed by atoms with Crippen molar-refractivity contribution in [3.63, 3.8) is 0 Å². The fourth-order valence-corrected chi connectivity index (χ4v) is 2.33. The highest BCUT2D eigenvalue weighted by molar-refractivity contribution is 5.43. The Morgan fingerprint density at radius 3 is 2.39 bits per heavy atom. The predicted octanol–water partition coefficient (Wildman–Crippen LogP) is -1.07. The van der Waals surface area contributed by atoms with Crippen molar-refractivity contribution >= 4 is 0 Å². The standard InChI is InChI=1S/C15H22O8/c1-7(17)8-3-4-9(10(5-8)21-2)22-15-14(20)13(19)12(18)11(6-16)23-15/h3-5,7,11-20H,6H2,1-2H3/t7-,11-,12-,13+,14-,15-/m1/s1. The summed E-state index contributed by atoms with van der Waals surface area (Å²) in [6.07, 6.45) is -7.51. The zero-order valence-electron chi connectivity index (χ0n) is 12.9. The molecule has 2 rings (SSSR count). The molecule has 1 saturated heterocycles. The first-order valence-electron chi connectivity index (χ1n) is 7.22. The molecule has 1 aromatic carbocycles. The van der Waals surface area contributed by atoms with Gasteiger partial charge in [0.15, 0.2) is 11.5 Å². The van der Waals surface area contributed by atoms with Crippen molar-refractivity contribution in [2.45, 2.75) is 43.7 Å². The molecule has 8 nitrogen and oxygen atoms in total.